The average molecular weight is 140 g/mol. The van der Waals surface area contributed by atoms with Crippen LogP contribution in [-0.2, 0) is 0 Å². The summed E-state index contributed by atoms with van der Waals surface area (Å²) in [6, 6.07) is 6.16. The van der Waals surface area contributed by atoms with E-state index >= 15 is 0 Å². The van der Waals surface area contributed by atoms with Gasteiger partial charge in [0.1, 0.15) is 0 Å². The third kappa shape index (κ3) is 2.45. The molecular weight excluding hydrogens is 135 g/mol. The summed E-state index contributed by atoms with van der Waals surface area (Å²) in [6.07, 6.45) is 5.05. The summed E-state index contributed by atoms with van der Waals surface area (Å²) in [6.45, 7) is 0. The summed E-state index contributed by atoms with van der Waals surface area (Å²) in [5, 5.41) is 10.5. The third-order valence-corrected chi connectivity index (χ3v) is 1.02. The molecule has 1 nitrogen and oxygen atoms in total. The Morgan fingerprint density at radius 1 is 1.20 bits per heavy atom. The fourth-order valence-electron chi connectivity index (χ4n) is 0.551. The minimum absolute atomic E-state index is 0. The van der Waals surface area contributed by atoms with Gasteiger partial charge >= 0.3 is 29.6 Å². The van der Waals surface area contributed by atoms with Crippen molar-refractivity contribution in [3.63, 3.8) is 0 Å². The Morgan fingerprint density at radius 3 is 2.10 bits per heavy atom. The van der Waals surface area contributed by atoms with E-state index in [9.17, 15) is 5.11 Å². The molecule has 0 aliphatic heterocycles. The van der Waals surface area contributed by atoms with Crippen LogP contribution in [0.5, 0.6) is 5.75 Å². The van der Waals surface area contributed by atoms with Crippen LogP contribution in [0, 0.1) is 12.3 Å². The number of terminal acetylenes is 1. The number of rotatable bonds is 0. The molecule has 10 heavy (non-hydrogen) atoms. The molecule has 1 rings (SSSR count). The minimum atomic E-state index is -0.00556. The Bertz CT molecular complexity index is 232. The normalized spacial score (nSPS) is 7.50. The van der Waals surface area contributed by atoms with Gasteiger partial charge in [0.25, 0.3) is 0 Å². The standard InChI is InChI=1S/C8H6O.Na/c1-2-7-3-5-8(9)6-4-7;/h1,3-6,9H;/q;+1/p-1. The Labute approximate surface area is 82.4 Å². The van der Waals surface area contributed by atoms with Crippen LogP contribution in [0.4, 0.5) is 0 Å². The average Bonchev–Trinajstić information content (AvgIpc) is 1.90. The first-order chi connectivity index (χ1) is 4.33. The summed E-state index contributed by atoms with van der Waals surface area (Å²) >= 11 is 0. The second-order valence-electron chi connectivity index (χ2n) is 1.67. The third-order valence-electron chi connectivity index (χ3n) is 1.02. The van der Waals surface area contributed by atoms with E-state index in [-0.39, 0.29) is 35.3 Å². The van der Waals surface area contributed by atoms with Crippen molar-refractivity contribution < 1.29 is 34.7 Å². The smallest absolute Gasteiger partial charge is 0.872 e. The molecule has 0 aliphatic rings. The molecular formula is C8H5NaO. The maximum Gasteiger partial charge on any atom is 1.00 e. The summed E-state index contributed by atoms with van der Waals surface area (Å²) < 4.78 is 0. The van der Waals surface area contributed by atoms with Crippen molar-refractivity contribution in [2.24, 2.45) is 0 Å². The summed E-state index contributed by atoms with van der Waals surface area (Å²) in [4.78, 5) is 0. The van der Waals surface area contributed by atoms with Crippen molar-refractivity contribution in [2.75, 3.05) is 0 Å². The van der Waals surface area contributed by atoms with Crippen molar-refractivity contribution in [1.82, 2.24) is 0 Å². The van der Waals surface area contributed by atoms with Gasteiger partial charge < -0.3 is 5.11 Å². The van der Waals surface area contributed by atoms with E-state index in [1.54, 1.807) is 12.1 Å². The van der Waals surface area contributed by atoms with Crippen LogP contribution in [-0.4, -0.2) is 0 Å². The molecule has 0 atom stereocenters. The quantitative estimate of drug-likeness (QED) is 0.295. The van der Waals surface area contributed by atoms with E-state index in [1.807, 2.05) is 0 Å². The van der Waals surface area contributed by atoms with Crippen LogP contribution in [0.15, 0.2) is 24.3 Å². The van der Waals surface area contributed by atoms with Gasteiger partial charge in [-0.25, -0.2) is 0 Å². The largest absolute Gasteiger partial charge is 1.00 e. The number of hydrogen-bond donors (Lipinski definition) is 0. The molecule has 0 aromatic heterocycles. The molecule has 0 bridgehead atoms. The zero-order valence-corrected chi connectivity index (χ0v) is 7.79. The predicted molar refractivity (Wildman–Crippen MR) is 33.8 cm³/mol. The maximum absolute atomic E-state index is 10.5. The second kappa shape index (κ2) is 4.40. The van der Waals surface area contributed by atoms with Crippen molar-refractivity contribution in [1.29, 1.82) is 0 Å². The van der Waals surface area contributed by atoms with Gasteiger partial charge in [-0.2, -0.15) is 0 Å². The predicted octanol–water partition coefficient (Wildman–Crippen LogP) is -2.25. The van der Waals surface area contributed by atoms with Crippen LogP contribution in [0.2, 0.25) is 0 Å². The number of benzene rings is 1. The van der Waals surface area contributed by atoms with Crippen LogP contribution in [0.3, 0.4) is 0 Å². The molecule has 0 heterocycles. The molecule has 1 aromatic rings. The van der Waals surface area contributed by atoms with E-state index < -0.39 is 0 Å². The maximum atomic E-state index is 10.5. The van der Waals surface area contributed by atoms with E-state index in [0.29, 0.717) is 0 Å². The fraction of sp³-hybridized carbons (Fsp3) is 0. The Morgan fingerprint density at radius 2 is 1.70 bits per heavy atom. The van der Waals surface area contributed by atoms with Crippen molar-refractivity contribution >= 4 is 0 Å². The first kappa shape index (κ1) is 9.58. The topological polar surface area (TPSA) is 23.1 Å². The SMILES string of the molecule is C#Cc1ccc([O-])cc1.[Na+]. The number of hydrogen-bond acceptors (Lipinski definition) is 1. The molecule has 0 amide bonds. The first-order valence-electron chi connectivity index (χ1n) is 2.56. The van der Waals surface area contributed by atoms with Crippen LogP contribution in [0.1, 0.15) is 5.56 Å². The molecule has 0 saturated heterocycles. The van der Waals surface area contributed by atoms with Crippen molar-refractivity contribution in [2.45, 2.75) is 0 Å². The van der Waals surface area contributed by atoms with Gasteiger partial charge in [0, 0.05) is 5.56 Å². The van der Waals surface area contributed by atoms with E-state index in [0.717, 1.165) is 5.56 Å². The monoisotopic (exact) mass is 140 g/mol. The van der Waals surface area contributed by atoms with E-state index in [1.165, 1.54) is 12.1 Å². The van der Waals surface area contributed by atoms with Crippen LogP contribution in [0.25, 0.3) is 0 Å². The van der Waals surface area contributed by atoms with Gasteiger partial charge in [-0.3, -0.25) is 0 Å². The first-order valence-corrected chi connectivity index (χ1v) is 2.56. The molecule has 0 saturated carbocycles. The molecule has 0 unspecified atom stereocenters. The minimum Gasteiger partial charge on any atom is -0.872 e. The van der Waals surface area contributed by atoms with Gasteiger partial charge in [-0.15, -0.1) is 12.2 Å². The molecule has 44 valence electrons. The summed E-state index contributed by atoms with van der Waals surface area (Å²) in [5.41, 5.74) is 0.745. The van der Waals surface area contributed by atoms with E-state index in [4.69, 9.17) is 6.42 Å². The molecule has 0 spiro atoms. The van der Waals surface area contributed by atoms with Gasteiger partial charge in [0.15, 0.2) is 0 Å². The Hall–Kier alpha value is -0.420. The Kier molecular flexibility index (Phi) is 4.22. The molecule has 2 heteroatoms. The van der Waals surface area contributed by atoms with Gasteiger partial charge in [-0.05, 0) is 12.1 Å². The van der Waals surface area contributed by atoms with Crippen LogP contribution < -0.4 is 34.7 Å². The molecule has 0 N–H and O–H groups in total. The summed E-state index contributed by atoms with van der Waals surface area (Å²) in [5.74, 6) is 2.41. The summed E-state index contributed by atoms with van der Waals surface area (Å²) in [7, 11) is 0. The zero-order chi connectivity index (χ0) is 6.69. The van der Waals surface area contributed by atoms with Gasteiger partial charge in [-0.1, -0.05) is 18.1 Å². The zero-order valence-electron chi connectivity index (χ0n) is 5.79. The van der Waals surface area contributed by atoms with Crippen LogP contribution >= 0.6 is 0 Å². The molecule has 0 fully saturated rings. The molecule has 0 aliphatic carbocycles. The molecule has 1 aromatic carbocycles. The van der Waals surface area contributed by atoms with E-state index in [2.05, 4.69) is 5.92 Å². The molecule has 0 radical (unpaired) electrons. The van der Waals surface area contributed by atoms with Gasteiger partial charge in [0.2, 0.25) is 0 Å². The van der Waals surface area contributed by atoms with Gasteiger partial charge in [0.05, 0.1) is 0 Å². The van der Waals surface area contributed by atoms with Crippen molar-refractivity contribution in [3.8, 4) is 18.1 Å². The second-order valence-corrected chi connectivity index (χ2v) is 1.67. The van der Waals surface area contributed by atoms with Crippen molar-refractivity contribution in [3.05, 3.63) is 29.8 Å². The fourth-order valence-corrected chi connectivity index (χ4v) is 0.551. The Balaban J connectivity index is 0.000000810.